The minimum Gasteiger partial charge on any atom is -0.492 e. The van der Waals surface area contributed by atoms with Gasteiger partial charge in [0.05, 0.1) is 18.7 Å². The topological polar surface area (TPSA) is 79.6 Å². The minimum atomic E-state index is -0.182. The van der Waals surface area contributed by atoms with Crippen molar-refractivity contribution in [2.24, 2.45) is 0 Å². The highest BCUT2D eigenvalue weighted by molar-refractivity contribution is 5.63. The zero-order chi connectivity index (χ0) is 16.1. The predicted octanol–water partition coefficient (Wildman–Crippen LogP) is 1.33. The highest BCUT2D eigenvalue weighted by Crippen LogP contribution is 2.50. The molecule has 0 saturated carbocycles. The van der Waals surface area contributed by atoms with Crippen LogP contribution in [0.15, 0.2) is 10.9 Å². The number of benzene rings is 1. The number of aryl methyl sites for hydroxylation is 1. The van der Waals surface area contributed by atoms with Crippen LogP contribution < -0.4 is 19.8 Å². The molecule has 2 aromatic rings. The molecule has 122 valence electrons. The number of aromatic nitrogens is 2. The molecule has 0 unspecified atom stereocenters. The van der Waals surface area contributed by atoms with E-state index in [1.54, 1.807) is 7.11 Å². The molecule has 0 amide bonds. The molecule has 0 fully saturated rings. The number of H-pyrrole nitrogens is 2. The summed E-state index contributed by atoms with van der Waals surface area (Å²) in [7, 11) is 3.64. The Morgan fingerprint density at radius 3 is 2.83 bits per heavy atom. The quantitative estimate of drug-likeness (QED) is 0.873. The third kappa shape index (κ3) is 1.96. The molecule has 0 bridgehead atoms. The second kappa shape index (κ2) is 5.06. The van der Waals surface area contributed by atoms with Crippen molar-refractivity contribution in [2.45, 2.75) is 19.4 Å². The van der Waals surface area contributed by atoms with E-state index in [4.69, 9.17) is 14.2 Å². The van der Waals surface area contributed by atoms with E-state index in [9.17, 15) is 4.79 Å². The second-order valence-corrected chi connectivity index (χ2v) is 5.97. The zero-order valence-electron chi connectivity index (χ0n) is 13.4. The molecule has 7 heteroatoms. The Labute approximate surface area is 133 Å². The number of rotatable bonds is 2. The van der Waals surface area contributed by atoms with Crippen molar-refractivity contribution in [1.82, 2.24) is 15.1 Å². The van der Waals surface area contributed by atoms with Crippen LogP contribution in [0, 0.1) is 6.92 Å². The smallest absolute Gasteiger partial charge is 0.269 e. The van der Waals surface area contributed by atoms with Gasteiger partial charge in [0, 0.05) is 17.8 Å². The van der Waals surface area contributed by atoms with E-state index in [1.807, 2.05) is 20.0 Å². The van der Waals surface area contributed by atoms with Gasteiger partial charge in [-0.2, -0.15) is 0 Å². The monoisotopic (exact) mass is 317 g/mol. The lowest BCUT2D eigenvalue weighted by atomic mass is 9.87. The molecule has 1 aromatic heterocycles. The summed E-state index contributed by atoms with van der Waals surface area (Å²) >= 11 is 0. The van der Waals surface area contributed by atoms with E-state index in [1.165, 1.54) is 0 Å². The van der Waals surface area contributed by atoms with E-state index >= 15 is 0 Å². The average Bonchev–Trinajstić information content (AvgIpc) is 3.13. The van der Waals surface area contributed by atoms with E-state index in [-0.39, 0.29) is 18.4 Å². The molecule has 2 N–H and O–H groups in total. The molecule has 0 saturated heterocycles. The van der Waals surface area contributed by atoms with Crippen LogP contribution in [0.4, 0.5) is 0 Å². The average molecular weight is 317 g/mol. The number of nitrogens with one attached hydrogen (secondary N) is 2. The summed E-state index contributed by atoms with van der Waals surface area (Å²) in [5, 5.41) is 5.59. The maximum atomic E-state index is 12.3. The predicted molar refractivity (Wildman–Crippen MR) is 83.4 cm³/mol. The van der Waals surface area contributed by atoms with Gasteiger partial charge in [-0.1, -0.05) is 0 Å². The van der Waals surface area contributed by atoms with Crippen LogP contribution in [0.1, 0.15) is 28.4 Å². The number of likely N-dealkylation sites (N-methyl/N-ethyl adjacent to an activating group) is 1. The van der Waals surface area contributed by atoms with Gasteiger partial charge in [0.2, 0.25) is 12.5 Å². The lowest BCUT2D eigenvalue weighted by molar-refractivity contribution is 0.171. The van der Waals surface area contributed by atoms with Crippen molar-refractivity contribution in [3.05, 3.63) is 38.8 Å². The third-order valence-corrected chi connectivity index (χ3v) is 4.68. The lowest BCUT2D eigenvalue weighted by Crippen LogP contribution is -2.35. The van der Waals surface area contributed by atoms with Gasteiger partial charge in [-0.3, -0.25) is 14.8 Å². The maximum Gasteiger partial charge on any atom is 0.269 e. The summed E-state index contributed by atoms with van der Waals surface area (Å²) in [6.45, 7) is 2.94. The fourth-order valence-corrected chi connectivity index (χ4v) is 3.58. The molecule has 3 heterocycles. The first-order valence-corrected chi connectivity index (χ1v) is 7.58. The molecular formula is C16H19N3O4. The van der Waals surface area contributed by atoms with Crippen LogP contribution in [0.2, 0.25) is 0 Å². The lowest BCUT2D eigenvalue weighted by Gasteiger charge is -2.35. The van der Waals surface area contributed by atoms with E-state index in [0.717, 1.165) is 29.8 Å². The van der Waals surface area contributed by atoms with Gasteiger partial charge in [-0.05, 0) is 32.0 Å². The van der Waals surface area contributed by atoms with Gasteiger partial charge in [0.25, 0.3) is 5.56 Å². The molecule has 4 rings (SSSR count). The van der Waals surface area contributed by atoms with E-state index in [0.29, 0.717) is 22.8 Å². The number of hydrogen-bond acceptors (Lipinski definition) is 5. The molecule has 23 heavy (non-hydrogen) atoms. The Morgan fingerprint density at radius 2 is 2.13 bits per heavy atom. The molecule has 1 atom stereocenters. The number of fused-ring (bicyclic) bond motifs is 2. The second-order valence-electron chi connectivity index (χ2n) is 5.97. The zero-order valence-corrected chi connectivity index (χ0v) is 13.4. The van der Waals surface area contributed by atoms with Gasteiger partial charge in [0.1, 0.15) is 0 Å². The first-order chi connectivity index (χ1) is 11.1. The van der Waals surface area contributed by atoms with Gasteiger partial charge in [-0.15, -0.1) is 0 Å². The number of hydrogen-bond donors (Lipinski definition) is 2. The third-order valence-electron chi connectivity index (χ3n) is 4.68. The highest BCUT2D eigenvalue weighted by Gasteiger charge is 2.36. The summed E-state index contributed by atoms with van der Waals surface area (Å²) in [5.74, 6) is 1.99. The van der Waals surface area contributed by atoms with Gasteiger partial charge >= 0.3 is 0 Å². The first-order valence-electron chi connectivity index (χ1n) is 7.58. The van der Waals surface area contributed by atoms with Crippen molar-refractivity contribution < 1.29 is 14.2 Å². The molecular weight excluding hydrogens is 298 g/mol. The summed E-state index contributed by atoms with van der Waals surface area (Å²) < 4.78 is 16.8. The Hall–Kier alpha value is -2.41. The maximum absolute atomic E-state index is 12.3. The molecule has 1 aromatic carbocycles. The number of methoxy groups -OCH3 is 1. The van der Waals surface area contributed by atoms with Crippen LogP contribution in [-0.4, -0.2) is 42.6 Å². The van der Waals surface area contributed by atoms with Crippen molar-refractivity contribution >= 4 is 0 Å². The standard InChI is InChI=1S/C16H19N3O4/c1-8-11(16(20)18-17-8)13-12-9(4-5-19(13)2)6-10-14(15(12)21-3)23-7-22-10/h6,13H,4-5,7H2,1-3H3,(H2,17,18,20)/t13-/m0/s1. The largest absolute Gasteiger partial charge is 0.492 e. The van der Waals surface area contributed by atoms with Crippen LogP contribution in [-0.2, 0) is 6.42 Å². The Balaban J connectivity index is 2.00. The molecule has 2 aliphatic heterocycles. The van der Waals surface area contributed by atoms with Gasteiger partial charge in [-0.25, -0.2) is 0 Å². The highest BCUT2D eigenvalue weighted by atomic mass is 16.7. The SMILES string of the molecule is COc1c2c(cc3c1[C@H](c1c(C)[nH][nH]c1=O)N(C)CC3)OCO2. The number of nitrogens with zero attached hydrogens (tertiary/aromatic N) is 1. The van der Waals surface area contributed by atoms with Crippen molar-refractivity contribution in [3.63, 3.8) is 0 Å². The summed E-state index contributed by atoms with van der Waals surface area (Å²) in [6, 6.07) is 1.83. The van der Waals surface area contributed by atoms with Crippen LogP contribution in [0.3, 0.4) is 0 Å². The molecule has 0 radical (unpaired) electrons. The Morgan fingerprint density at radius 1 is 1.30 bits per heavy atom. The van der Waals surface area contributed by atoms with Crippen LogP contribution in [0.25, 0.3) is 0 Å². The number of ether oxygens (including phenoxy) is 3. The van der Waals surface area contributed by atoms with Crippen LogP contribution in [0.5, 0.6) is 17.2 Å². The molecule has 0 aliphatic carbocycles. The van der Waals surface area contributed by atoms with E-state index < -0.39 is 0 Å². The Bertz CT molecular complexity index is 823. The fourth-order valence-electron chi connectivity index (χ4n) is 3.58. The summed E-state index contributed by atoms with van der Waals surface area (Å²) in [5.41, 5.74) is 3.56. The first kappa shape index (κ1) is 14.2. The molecule has 7 nitrogen and oxygen atoms in total. The minimum absolute atomic E-state index is 0.105. The Kier molecular flexibility index (Phi) is 3.12. The van der Waals surface area contributed by atoms with Crippen molar-refractivity contribution in [2.75, 3.05) is 27.5 Å². The number of aromatic amines is 2. The summed E-state index contributed by atoms with van der Waals surface area (Å²) in [6.07, 6.45) is 0.872. The molecule has 0 spiro atoms. The molecule has 2 aliphatic rings. The van der Waals surface area contributed by atoms with E-state index in [2.05, 4.69) is 15.1 Å². The van der Waals surface area contributed by atoms with Gasteiger partial charge < -0.3 is 19.3 Å². The summed E-state index contributed by atoms with van der Waals surface area (Å²) in [4.78, 5) is 14.5. The van der Waals surface area contributed by atoms with Crippen molar-refractivity contribution in [1.29, 1.82) is 0 Å². The normalized spacial score (nSPS) is 19.7. The van der Waals surface area contributed by atoms with Crippen molar-refractivity contribution in [3.8, 4) is 17.2 Å². The van der Waals surface area contributed by atoms with Gasteiger partial charge in [0.15, 0.2) is 11.5 Å². The van der Waals surface area contributed by atoms with Crippen LogP contribution >= 0.6 is 0 Å². The fraction of sp³-hybridized carbons (Fsp3) is 0.438.